The molecule has 7 nitrogen and oxygen atoms in total. The SMILES string of the molecule is CN=C(NCCc1cccnc1)NC1CCN(c2cc(OC)cc(OC)c2)C1.I. The van der Waals surface area contributed by atoms with E-state index in [0.717, 1.165) is 55.6 Å². The van der Waals surface area contributed by atoms with Crippen molar-refractivity contribution >= 4 is 35.6 Å². The molecule has 1 aromatic carbocycles. The predicted octanol–water partition coefficient (Wildman–Crippen LogP) is 2.70. The zero-order valence-electron chi connectivity index (χ0n) is 17.2. The van der Waals surface area contributed by atoms with Crippen molar-refractivity contribution in [3.8, 4) is 11.5 Å². The van der Waals surface area contributed by atoms with Gasteiger partial charge in [0, 0.05) is 69.0 Å². The van der Waals surface area contributed by atoms with Gasteiger partial charge in [-0.3, -0.25) is 9.98 Å². The molecule has 0 spiro atoms. The summed E-state index contributed by atoms with van der Waals surface area (Å²) in [5.74, 6) is 2.44. The number of aromatic nitrogens is 1. The molecule has 158 valence electrons. The second-order valence-corrected chi connectivity index (χ2v) is 6.76. The van der Waals surface area contributed by atoms with Crippen LogP contribution in [0.15, 0.2) is 47.7 Å². The number of hydrogen-bond acceptors (Lipinski definition) is 5. The van der Waals surface area contributed by atoms with Crippen molar-refractivity contribution in [1.82, 2.24) is 15.6 Å². The lowest BCUT2D eigenvalue weighted by Gasteiger charge is -2.21. The third-order valence-electron chi connectivity index (χ3n) is 4.88. The number of aliphatic imine (C=N–C) groups is 1. The van der Waals surface area contributed by atoms with Crippen LogP contribution in [0.4, 0.5) is 5.69 Å². The Hall–Kier alpha value is -2.23. The molecule has 0 saturated carbocycles. The number of methoxy groups -OCH3 is 2. The maximum atomic E-state index is 5.39. The number of rotatable bonds is 7. The van der Waals surface area contributed by atoms with E-state index in [1.165, 1.54) is 5.56 Å². The lowest BCUT2D eigenvalue weighted by molar-refractivity contribution is 0.394. The van der Waals surface area contributed by atoms with Crippen molar-refractivity contribution in [2.24, 2.45) is 4.99 Å². The molecular weight excluding hydrogens is 481 g/mol. The van der Waals surface area contributed by atoms with Gasteiger partial charge in [0.05, 0.1) is 14.2 Å². The Morgan fingerprint density at radius 1 is 1.24 bits per heavy atom. The van der Waals surface area contributed by atoms with E-state index < -0.39 is 0 Å². The topological polar surface area (TPSA) is 71.0 Å². The number of ether oxygens (including phenoxy) is 2. The normalized spacial score (nSPS) is 16.2. The van der Waals surface area contributed by atoms with Gasteiger partial charge in [-0.25, -0.2) is 0 Å². The van der Waals surface area contributed by atoms with Gasteiger partial charge in [-0.2, -0.15) is 0 Å². The summed E-state index contributed by atoms with van der Waals surface area (Å²) in [7, 11) is 5.15. The third kappa shape index (κ3) is 6.66. The summed E-state index contributed by atoms with van der Waals surface area (Å²) in [4.78, 5) is 10.8. The van der Waals surface area contributed by atoms with E-state index in [2.05, 4.69) is 31.6 Å². The average Bonchev–Trinajstić information content (AvgIpc) is 3.22. The molecule has 1 aromatic heterocycles. The molecule has 1 aliphatic heterocycles. The molecule has 3 rings (SSSR count). The lowest BCUT2D eigenvalue weighted by atomic mass is 10.2. The fraction of sp³-hybridized carbons (Fsp3) is 0.429. The van der Waals surface area contributed by atoms with E-state index in [1.807, 2.05) is 30.5 Å². The molecular formula is C21H30IN5O2. The Kier molecular flexibility index (Phi) is 9.30. The number of nitrogens with zero attached hydrogens (tertiary/aromatic N) is 3. The molecule has 1 atom stereocenters. The molecule has 1 saturated heterocycles. The van der Waals surface area contributed by atoms with Crippen molar-refractivity contribution in [3.05, 3.63) is 48.3 Å². The van der Waals surface area contributed by atoms with Gasteiger partial charge < -0.3 is 25.0 Å². The van der Waals surface area contributed by atoms with E-state index in [4.69, 9.17) is 9.47 Å². The fourth-order valence-corrected chi connectivity index (χ4v) is 3.35. The molecule has 2 aromatic rings. The summed E-state index contributed by atoms with van der Waals surface area (Å²) in [6.07, 6.45) is 5.65. The number of pyridine rings is 1. The first kappa shape index (κ1) is 23.1. The zero-order chi connectivity index (χ0) is 19.8. The lowest BCUT2D eigenvalue weighted by Crippen LogP contribution is -2.45. The highest BCUT2D eigenvalue weighted by molar-refractivity contribution is 14.0. The number of benzene rings is 1. The minimum Gasteiger partial charge on any atom is -0.497 e. The van der Waals surface area contributed by atoms with E-state index in [9.17, 15) is 0 Å². The van der Waals surface area contributed by atoms with E-state index >= 15 is 0 Å². The third-order valence-corrected chi connectivity index (χ3v) is 4.88. The predicted molar refractivity (Wildman–Crippen MR) is 128 cm³/mol. The highest BCUT2D eigenvalue weighted by atomic mass is 127. The zero-order valence-corrected chi connectivity index (χ0v) is 19.6. The van der Waals surface area contributed by atoms with Crippen LogP contribution in [0.1, 0.15) is 12.0 Å². The van der Waals surface area contributed by atoms with E-state index in [-0.39, 0.29) is 24.0 Å². The van der Waals surface area contributed by atoms with Gasteiger partial charge >= 0.3 is 0 Å². The van der Waals surface area contributed by atoms with Crippen LogP contribution in [0.2, 0.25) is 0 Å². The van der Waals surface area contributed by atoms with Crippen LogP contribution in [-0.4, -0.2) is 57.9 Å². The standard InChI is InChI=1S/C21H29N5O2.HI/c1-22-21(24-9-6-16-5-4-8-23-14-16)25-17-7-10-26(15-17)18-11-19(27-2)13-20(12-18)28-3;/h4-5,8,11-14,17H,6-7,9-10,15H2,1-3H3,(H2,22,24,25);1H. The molecule has 0 radical (unpaired) electrons. The van der Waals surface area contributed by atoms with Crippen LogP contribution in [0, 0.1) is 0 Å². The quantitative estimate of drug-likeness (QED) is 0.339. The monoisotopic (exact) mass is 511 g/mol. The number of halogens is 1. The van der Waals surface area contributed by atoms with Gasteiger partial charge in [-0.1, -0.05) is 6.07 Å². The van der Waals surface area contributed by atoms with Crippen LogP contribution >= 0.6 is 24.0 Å². The van der Waals surface area contributed by atoms with Crippen molar-refractivity contribution < 1.29 is 9.47 Å². The van der Waals surface area contributed by atoms with Crippen molar-refractivity contribution in [3.63, 3.8) is 0 Å². The van der Waals surface area contributed by atoms with Gasteiger partial charge in [0.1, 0.15) is 11.5 Å². The molecule has 0 aliphatic carbocycles. The summed E-state index contributed by atoms with van der Waals surface area (Å²) in [5.41, 5.74) is 2.32. The van der Waals surface area contributed by atoms with E-state index in [1.54, 1.807) is 27.5 Å². The second-order valence-electron chi connectivity index (χ2n) is 6.76. The molecule has 8 heteroatoms. The number of guanidine groups is 1. The fourth-order valence-electron chi connectivity index (χ4n) is 3.35. The minimum absolute atomic E-state index is 0. The highest BCUT2D eigenvalue weighted by Gasteiger charge is 2.24. The van der Waals surface area contributed by atoms with Crippen LogP contribution in [0.25, 0.3) is 0 Å². The Morgan fingerprint density at radius 3 is 2.62 bits per heavy atom. The Labute approximate surface area is 189 Å². The largest absolute Gasteiger partial charge is 0.497 e. The highest BCUT2D eigenvalue weighted by Crippen LogP contribution is 2.30. The number of nitrogens with one attached hydrogen (secondary N) is 2. The first-order chi connectivity index (χ1) is 13.7. The summed E-state index contributed by atoms with van der Waals surface area (Å²) in [6, 6.07) is 10.4. The summed E-state index contributed by atoms with van der Waals surface area (Å²) in [5, 5.41) is 6.92. The first-order valence-electron chi connectivity index (χ1n) is 9.56. The molecule has 1 fully saturated rings. The second kappa shape index (κ2) is 11.7. The van der Waals surface area contributed by atoms with Crippen molar-refractivity contribution in [2.45, 2.75) is 18.9 Å². The smallest absolute Gasteiger partial charge is 0.191 e. The maximum Gasteiger partial charge on any atom is 0.191 e. The molecule has 2 N–H and O–H groups in total. The molecule has 0 amide bonds. The Morgan fingerprint density at radius 2 is 2.00 bits per heavy atom. The van der Waals surface area contributed by atoms with Crippen LogP contribution in [-0.2, 0) is 6.42 Å². The molecule has 2 heterocycles. The number of hydrogen-bond donors (Lipinski definition) is 2. The summed E-state index contributed by atoms with van der Waals surface area (Å²) in [6.45, 7) is 2.69. The molecule has 0 bridgehead atoms. The van der Waals surface area contributed by atoms with Crippen LogP contribution in [0.3, 0.4) is 0 Å². The maximum absolute atomic E-state index is 5.39. The van der Waals surface area contributed by atoms with Crippen LogP contribution in [0.5, 0.6) is 11.5 Å². The Balaban J connectivity index is 0.00000300. The average molecular weight is 511 g/mol. The first-order valence-corrected chi connectivity index (χ1v) is 9.56. The minimum atomic E-state index is 0. The van der Waals surface area contributed by atoms with Gasteiger partial charge in [-0.05, 0) is 24.5 Å². The molecule has 29 heavy (non-hydrogen) atoms. The van der Waals surface area contributed by atoms with Gasteiger partial charge in [-0.15, -0.1) is 24.0 Å². The van der Waals surface area contributed by atoms with Crippen molar-refractivity contribution in [2.75, 3.05) is 45.8 Å². The molecule has 1 aliphatic rings. The van der Waals surface area contributed by atoms with Gasteiger partial charge in [0.25, 0.3) is 0 Å². The van der Waals surface area contributed by atoms with Crippen molar-refractivity contribution in [1.29, 1.82) is 0 Å². The van der Waals surface area contributed by atoms with E-state index in [0.29, 0.717) is 6.04 Å². The summed E-state index contributed by atoms with van der Waals surface area (Å²) < 4.78 is 10.8. The Bertz CT molecular complexity index is 766. The summed E-state index contributed by atoms with van der Waals surface area (Å²) >= 11 is 0. The van der Waals surface area contributed by atoms with Gasteiger partial charge in [0.2, 0.25) is 0 Å². The number of anilines is 1. The van der Waals surface area contributed by atoms with Crippen LogP contribution < -0.4 is 25.0 Å². The van der Waals surface area contributed by atoms with Gasteiger partial charge in [0.15, 0.2) is 5.96 Å². The molecule has 1 unspecified atom stereocenters.